The van der Waals surface area contributed by atoms with Crippen molar-refractivity contribution in [3.63, 3.8) is 0 Å². The van der Waals surface area contributed by atoms with Crippen molar-refractivity contribution in [2.75, 3.05) is 12.5 Å². The smallest absolute Gasteiger partial charge is 0.193 e. The van der Waals surface area contributed by atoms with Crippen LogP contribution < -0.4 is 10.5 Å². The molecular formula is C17H16Cl2N2O2. The first-order valence-electron chi connectivity index (χ1n) is 7.01. The van der Waals surface area contributed by atoms with E-state index in [1.165, 1.54) is 0 Å². The van der Waals surface area contributed by atoms with Crippen LogP contribution in [-0.4, -0.2) is 24.1 Å². The summed E-state index contributed by atoms with van der Waals surface area (Å²) in [7, 11) is 0. The van der Waals surface area contributed by atoms with Gasteiger partial charge in [-0.25, -0.2) is 4.99 Å². The molecule has 120 valence electrons. The van der Waals surface area contributed by atoms with Crippen molar-refractivity contribution < 1.29 is 9.53 Å². The van der Waals surface area contributed by atoms with Gasteiger partial charge in [0.05, 0.1) is 23.2 Å². The Kier molecular flexibility index (Phi) is 6.02. The van der Waals surface area contributed by atoms with Crippen LogP contribution in [0.4, 0.5) is 5.69 Å². The standard InChI is InChI=1S/C17H16Cl2N2O2/c1-2-23-13-6-3-11(4-7-13)17(22)12-5-8-14(19)15(9-12)21-16(20)10-18/h3-9H,2,10H2,1H3,(H2,20,21). The van der Waals surface area contributed by atoms with Crippen LogP contribution in [0.2, 0.25) is 5.02 Å². The highest BCUT2D eigenvalue weighted by Gasteiger charge is 2.12. The maximum atomic E-state index is 12.5. The fourth-order valence-corrected chi connectivity index (χ4v) is 2.18. The summed E-state index contributed by atoms with van der Waals surface area (Å²) in [4.78, 5) is 16.7. The van der Waals surface area contributed by atoms with Crippen LogP contribution in [0.5, 0.6) is 5.75 Å². The van der Waals surface area contributed by atoms with Gasteiger partial charge in [-0.05, 0) is 49.4 Å². The van der Waals surface area contributed by atoms with Crippen molar-refractivity contribution >= 4 is 40.5 Å². The van der Waals surface area contributed by atoms with Gasteiger partial charge in [-0.1, -0.05) is 11.6 Å². The topological polar surface area (TPSA) is 64.7 Å². The minimum Gasteiger partial charge on any atom is -0.494 e. The highest BCUT2D eigenvalue weighted by molar-refractivity contribution is 6.33. The van der Waals surface area contributed by atoms with E-state index >= 15 is 0 Å². The third-order valence-electron chi connectivity index (χ3n) is 3.04. The molecule has 6 heteroatoms. The molecular weight excluding hydrogens is 335 g/mol. The predicted molar refractivity (Wildman–Crippen MR) is 94.5 cm³/mol. The second kappa shape index (κ2) is 7.99. The number of halogens is 2. The molecule has 23 heavy (non-hydrogen) atoms. The van der Waals surface area contributed by atoms with Crippen molar-refractivity contribution in [2.24, 2.45) is 10.7 Å². The third kappa shape index (κ3) is 4.47. The number of alkyl halides is 1. The van der Waals surface area contributed by atoms with E-state index in [1.54, 1.807) is 42.5 Å². The zero-order chi connectivity index (χ0) is 16.8. The molecule has 0 radical (unpaired) electrons. The van der Waals surface area contributed by atoms with Crippen molar-refractivity contribution in [1.82, 2.24) is 0 Å². The number of rotatable bonds is 6. The lowest BCUT2D eigenvalue weighted by molar-refractivity contribution is 0.103. The Morgan fingerprint density at radius 2 is 1.83 bits per heavy atom. The van der Waals surface area contributed by atoms with E-state index < -0.39 is 0 Å². The van der Waals surface area contributed by atoms with Gasteiger partial charge in [0.2, 0.25) is 0 Å². The Bertz CT molecular complexity index is 728. The van der Waals surface area contributed by atoms with Gasteiger partial charge < -0.3 is 10.5 Å². The lowest BCUT2D eigenvalue weighted by atomic mass is 10.0. The number of amidine groups is 1. The van der Waals surface area contributed by atoms with E-state index in [2.05, 4.69) is 4.99 Å². The monoisotopic (exact) mass is 350 g/mol. The molecule has 0 heterocycles. The van der Waals surface area contributed by atoms with Crippen molar-refractivity contribution in [3.8, 4) is 5.75 Å². The molecule has 4 nitrogen and oxygen atoms in total. The van der Waals surface area contributed by atoms with Crippen LogP contribution in [0, 0.1) is 0 Å². The fraction of sp³-hybridized carbons (Fsp3) is 0.176. The highest BCUT2D eigenvalue weighted by Crippen LogP contribution is 2.27. The molecule has 0 atom stereocenters. The van der Waals surface area contributed by atoms with E-state index in [1.807, 2.05) is 6.92 Å². The summed E-state index contributed by atoms with van der Waals surface area (Å²) < 4.78 is 5.36. The molecule has 0 aliphatic carbocycles. The van der Waals surface area contributed by atoms with E-state index in [0.29, 0.717) is 28.4 Å². The van der Waals surface area contributed by atoms with Crippen molar-refractivity contribution in [1.29, 1.82) is 0 Å². The molecule has 2 aromatic carbocycles. The molecule has 0 unspecified atom stereocenters. The summed E-state index contributed by atoms with van der Waals surface area (Å²) in [6.45, 7) is 2.48. The molecule has 0 bridgehead atoms. The number of benzene rings is 2. The number of carbonyl (C=O) groups excluding carboxylic acids is 1. The van der Waals surface area contributed by atoms with Gasteiger partial charge in [0, 0.05) is 11.1 Å². The maximum Gasteiger partial charge on any atom is 0.193 e. The van der Waals surface area contributed by atoms with Crippen LogP contribution in [0.3, 0.4) is 0 Å². The van der Waals surface area contributed by atoms with Gasteiger partial charge in [0.1, 0.15) is 11.6 Å². The molecule has 2 N–H and O–H groups in total. The number of ketones is 1. The summed E-state index contributed by atoms with van der Waals surface area (Å²) in [5.41, 5.74) is 7.06. The Labute approximate surface area is 144 Å². The van der Waals surface area contributed by atoms with Crippen LogP contribution in [-0.2, 0) is 0 Å². The number of hydrogen-bond acceptors (Lipinski definition) is 3. The van der Waals surface area contributed by atoms with Crippen molar-refractivity contribution in [2.45, 2.75) is 6.92 Å². The zero-order valence-corrected chi connectivity index (χ0v) is 14.1. The number of aliphatic imine (C=N–C) groups is 1. The zero-order valence-electron chi connectivity index (χ0n) is 12.6. The first kappa shape index (κ1) is 17.3. The Hall–Kier alpha value is -2.04. The largest absolute Gasteiger partial charge is 0.494 e. The number of carbonyl (C=O) groups is 1. The highest BCUT2D eigenvalue weighted by atomic mass is 35.5. The van der Waals surface area contributed by atoms with Gasteiger partial charge in [-0.15, -0.1) is 11.6 Å². The second-order valence-corrected chi connectivity index (χ2v) is 5.36. The average Bonchev–Trinajstić information content (AvgIpc) is 2.57. The van der Waals surface area contributed by atoms with Crippen LogP contribution in [0.25, 0.3) is 0 Å². The van der Waals surface area contributed by atoms with Crippen molar-refractivity contribution in [3.05, 3.63) is 58.6 Å². The molecule has 0 aromatic heterocycles. The molecule has 0 saturated heterocycles. The summed E-state index contributed by atoms with van der Waals surface area (Å²) in [6, 6.07) is 11.8. The van der Waals surface area contributed by atoms with Gasteiger partial charge in [0.15, 0.2) is 5.78 Å². The Morgan fingerprint density at radius 3 is 2.43 bits per heavy atom. The molecule has 0 spiro atoms. The van der Waals surface area contributed by atoms with Crippen LogP contribution in [0.15, 0.2) is 47.5 Å². The summed E-state index contributed by atoms with van der Waals surface area (Å²) in [5, 5.41) is 0.404. The molecule has 0 saturated carbocycles. The Morgan fingerprint density at radius 1 is 1.17 bits per heavy atom. The molecule has 0 aliphatic heterocycles. The van der Waals surface area contributed by atoms with Crippen LogP contribution >= 0.6 is 23.2 Å². The quantitative estimate of drug-likeness (QED) is 0.367. The first-order chi connectivity index (χ1) is 11.0. The summed E-state index contributed by atoms with van der Waals surface area (Å²) in [5.74, 6) is 0.915. The van der Waals surface area contributed by atoms with E-state index in [-0.39, 0.29) is 17.5 Å². The normalized spacial score (nSPS) is 11.3. The fourth-order valence-electron chi connectivity index (χ4n) is 1.96. The summed E-state index contributed by atoms with van der Waals surface area (Å²) in [6.07, 6.45) is 0. The number of nitrogens with zero attached hydrogens (tertiary/aromatic N) is 1. The molecule has 0 fully saturated rings. The minimum atomic E-state index is -0.134. The Balaban J connectivity index is 2.30. The lowest BCUT2D eigenvalue weighted by Gasteiger charge is -2.06. The molecule has 0 aliphatic rings. The number of ether oxygens (including phenoxy) is 1. The number of hydrogen-bond donors (Lipinski definition) is 1. The first-order valence-corrected chi connectivity index (χ1v) is 7.92. The molecule has 0 amide bonds. The van der Waals surface area contributed by atoms with Crippen LogP contribution in [0.1, 0.15) is 22.8 Å². The van der Waals surface area contributed by atoms with E-state index in [4.69, 9.17) is 33.7 Å². The van der Waals surface area contributed by atoms with Gasteiger partial charge in [0.25, 0.3) is 0 Å². The van der Waals surface area contributed by atoms with E-state index in [0.717, 1.165) is 5.75 Å². The van der Waals surface area contributed by atoms with Gasteiger partial charge in [-0.3, -0.25) is 4.79 Å². The third-order valence-corrected chi connectivity index (χ3v) is 3.63. The lowest BCUT2D eigenvalue weighted by Crippen LogP contribution is -2.12. The van der Waals surface area contributed by atoms with E-state index in [9.17, 15) is 4.79 Å². The number of nitrogens with two attached hydrogens (primary N) is 1. The van der Waals surface area contributed by atoms with Gasteiger partial charge >= 0.3 is 0 Å². The summed E-state index contributed by atoms with van der Waals surface area (Å²) >= 11 is 11.7. The maximum absolute atomic E-state index is 12.5. The average molecular weight is 351 g/mol. The molecule has 2 aromatic rings. The predicted octanol–water partition coefficient (Wildman–Crippen LogP) is 4.20. The SMILES string of the molecule is CCOc1ccc(C(=O)c2ccc(Cl)c(N=C(N)CCl)c2)cc1. The molecule has 2 rings (SSSR count). The second-order valence-electron chi connectivity index (χ2n) is 4.69. The minimum absolute atomic E-state index is 0.0907. The van der Waals surface area contributed by atoms with Gasteiger partial charge in [-0.2, -0.15) is 0 Å².